The molecule has 2 aromatic rings. The van der Waals surface area contributed by atoms with Crippen LogP contribution in [0.3, 0.4) is 0 Å². The zero-order valence-corrected chi connectivity index (χ0v) is 14.6. The second kappa shape index (κ2) is 7.76. The summed E-state index contributed by atoms with van der Waals surface area (Å²) in [5.41, 5.74) is 4.09. The summed E-state index contributed by atoms with van der Waals surface area (Å²) in [7, 11) is 1.49. The van der Waals surface area contributed by atoms with Gasteiger partial charge in [0.05, 0.1) is 24.5 Å². The van der Waals surface area contributed by atoms with Gasteiger partial charge in [0.15, 0.2) is 0 Å². The quantitative estimate of drug-likeness (QED) is 0.863. The zero-order valence-electron chi connectivity index (χ0n) is 14.6. The molecule has 6 nitrogen and oxygen atoms in total. The molecule has 2 heterocycles. The Morgan fingerprint density at radius 1 is 1.36 bits per heavy atom. The van der Waals surface area contributed by atoms with E-state index in [9.17, 15) is 9.18 Å². The first-order valence-electron chi connectivity index (χ1n) is 8.34. The number of nitrogens with zero attached hydrogens (tertiary/aromatic N) is 3. The second-order valence-electron chi connectivity index (χ2n) is 6.34. The van der Waals surface area contributed by atoms with E-state index in [0.717, 1.165) is 48.7 Å². The standard InChI is InChI=1S/C18H23FN4O2/c1-13-7-15(19)4-3-14(13)10-22-5-6-23-17(11-22)8-16(21-23)9-20-18(24)12-25-2/h3-4,7-8H,5-6,9-12H2,1-2H3,(H,20,24). The van der Waals surface area contributed by atoms with Crippen LogP contribution < -0.4 is 5.32 Å². The van der Waals surface area contributed by atoms with E-state index in [2.05, 4.69) is 15.3 Å². The largest absolute Gasteiger partial charge is 0.375 e. The topological polar surface area (TPSA) is 59.4 Å². The zero-order chi connectivity index (χ0) is 17.8. The molecule has 1 aromatic carbocycles. The fraction of sp³-hybridized carbons (Fsp3) is 0.444. The maximum Gasteiger partial charge on any atom is 0.246 e. The lowest BCUT2D eigenvalue weighted by Gasteiger charge is -2.28. The molecule has 1 aromatic heterocycles. The Balaban J connectivity index is 1.60. The average molecular weight is 346 g/mol. The van der Waals surface area contributed by atoms with Gasteiger partial charge in [-0.3, -0.25) is 14.4 Å². The van der Waals surface area contributed by atoms with Crippen molar-refractivity contribution in [1.29, 1.82) is 0 Å². The van der Waals surface area contributed by atoms with E-state index in [1.54, 1.807) is 6.07 Å². The van der Waals surface area contributed by atoms with E-state index in [1.807, 2.05) is 23.7 Å². The summed E-state index contributed by atoms with van der Waals surface area (Å²) >= 11 is 0. The first-order valence-corrected chi connectivity index (χ1v) is 8.34. The predicted molar refractivity (Wildman–Crippen MR) is 91.2 cm³/mol. The van der Waals surface area contributed by atoms with E-state index < -0.39 is 0 Å². The summed E-state index contributed by atoms with van der Waals surface area (Å²) in [4.78, 5) is 13.8. The highest BCUT2D eigenvalue weighted by atomic mass is 19.1. The summed E-state index contributed by atoms with van der Waals surface area (Å²) in [6.07, 6.45) is 0. The molecule has 0 aliphatic carbocycles. The number of nitrogens with one attached hydrogen (secondary N) is 1. The molecule has 1 amide bonds. The molecule has 0 unspecified atom stereocenters. The number of rotatable bonds is 6. The van der Waals surface area contributed by atoms with Gasteiger partial charge in [0.2, 0.25) is 5.91 Å². The Kier molecular flexibility index (Phi) is 5.45. The minimum Gasteiger partial charge on any atom is -0.375 e. The van der Waals surface area contributed by atoms with Gasteiger partial charge < -0.3 is 10.1 Å². The monoisotopic (exact) mass is 346 g/mol. The molecule has 3 rings (SSSR count). The molecule has 0 saturated heterocycles. The Morgan fingerprint density at radius 3 is 2.96 bits per heavy atom. The van der Waals surface area contributed by atoms with Crippen molar-refractivity contribution in [3.63, 3.8) is 0 Å². The summed E-state index contributed by atoms with van der Waals surface area (Å²) in [5.74, 6) is -0.347. The van der Waals surface area contributed by atoms with Gasteiger partial charge in [-0.25, -0.2) is 4.39 Å². The van der Waals surface area contributed by atoms with Crippen molar-refractivity contribution in [2.45, 2.75) is 33.1 Å². The predicted octanol–water partition coefficient (Wildman–Crippen LogP) is 1.61. The molecule has 1 aliphatic rings. The summed E-state index contributed by atoms with van der Waals surface area (Å²) in [6.45, 7) is 5.67. The summed E-state index contributed by atoms with van der Waals surface area (Å²) in [6, 6.07) is 6.96. The number of aromatic nitrogens is 2. The Labute approximate surface area is 146 Å². The Bertz CT molecular complexity index is 760. The highest BCUT2D eigenvalue weighted by Crippen LogP contribution is 2.18. The Morgan fingerprint density at radius 2 is 2.20 bits per heavy atom. The van der Waals surface area contributed by atoms with E-state index in [-0.39, 0.29) is 18.3 Å². The first kappa shape index (κ1) is 17.6. The van der Waals surface area contributed by atoms with E-state index in [0.29, 0.717) is 6.54 Å². The van der Waals surface area contributed by atoms with Crippen molar-refractivity contribution in [3.8, 4) is 0 Å². The summed E-state index contributed by atoms with van der Waals surface area (Å²) < 4.78 is 20.0. The number of hydrogen-bond donors (Lipinski definition) is 1. The van der Waals surface area contributed by atoms with Crippen LogP contribution in [0.15, 0.2) is 24.3 Å². The van der Waals surface area contributed by atoms with Crippen LogP contribution in [0.25, 0.3) is 0 Å². The van der Waals surface area contributed by atoms with Gasteiger partial charge in [-0.05, 0) is 36.2 Å². The molecule has 7 heteroatoms. The van der Waals surface area contributed by atoms with Crippen LogP contribution in [0, 0.1) is 12.7 Å². The lowest BCUT2D eigenvalue weighted by molar-refractivity contribution is -0.124. The highest BCUT2D eigenvalue weighted by Gasteiger charge is 2.19. The fourth-order valence-electron chi connectivity index (χ4n) is 3.05. The van der Waals surface area contributed by atoms with Crippen LogP contribution in [0.1, 0.15) is 22.5 Å². The third-order valence-corrected chi connectivity index (χ3v) is 4.37. The number of aryl methyl sites for hydroxylation is 1. The molecule has 0 radical (unpaired) electrons. The molecule has 1 aliphatic heterocycles. The van der Waals surface area contributed by atoms with Crippen molar-refractivity contribution >= 4 is 5.91 Å². The third kappa shape index (κ3) is 4.43. The van der Waals surface area contributed by atoms with Crippen molar-refractivity contribution < 1.29 is 13.9 Å². The first-order chi connectivity index (χ1) is 12.0. The number of carbonyl (C=O) groups excluding carboxylic acids is 1. The number of fused-ring (bicyclic) bond motifs is 1. The molecule has 0 spiro atoms. The van der Waals surface area contributed by atoms with Crippen LogP contribution >= 0.6 is 0 Å². The smallest absolute Gasteiger partial charge is 0.246 e. The van der Waals surface area contributed by atoms with Gasteiger partial charge in [0.1, 0.15) is 12.4 Å². The normalized spacial score (nSPS) is 14.4. The highest BCUT2D eigenvalue weighted by molar-refractivity contribution is 5.77. The lowest BCUT2D eigenvalue weighted by atomic mass is 10.1. The molecule has 0 atom stereocenters. The van der Waals surface area contributed by atoms with E-state index in [4.69, 9.17) is 4.74 Å². The number of amides is 1. The van der Waals surface area contributed by atoms with Crippen LogP contribution in [-0.2, 0) is 35.7 Å². The molecule has 1 N–H and O–H groups in total. The van der Waals surface area contributed by atoms with Crippen molar-refractivity contribution in [3.05, 3.63) is 52.6 Å². The minimum absolute atomic E-state index is 0.0539. The van der Waals surface area contributed by atoms with Crippen LogP contribution in [-0.4, -0.2) is 40.8 Å². The number of carbonyl (C=O) groups is 1. The minimum atomic E-state index is -0.196. The van der Waals surface area contributed by atoms with Crippen LogP contribution in [0.5, 0.6) is 0 Å². The van der Waals surface area contributed by atoms with E-state index in [1.165, 1.54) is 13.2 Å². The number of hydrogen-bond acceptors (Lipinski definition) is 4. The SMILES string of the molecule is COCC(=O)NCc1cc2n(n1)CCN(Cc1ccc(F)cc1C)C2. The van der Waals surface area contributed by atoms with Crippen LogP contribution in [0.2, 0.25) is 0 Å². The summed E-state index contributed by atoms with van der Waals surface area (Å²) in [5, 5.41) is 7.32. The number of benzene rings is 1. The average Bonchev–Trinajstić information content (AvgIpc) is 2.98. The van der Waals surface area contributed by atoms with Gasteiger partial charge in [-0.15, -0.1) is 0 Å². The van der Waals surface area contributed by atoms with Crippen molar-refractivity contribution in [2.75, 3.05) is 20.3 Å². The number of halogens is 1. The maximum absolute atomic E-state index is 13.2. The van der Waals surface area contributed by atoms with E-state index >= 15 is 0 Å². The molecule has 0 saturated carbocycles. The lowest BCUT2D eigenvalue weighted by Crippen LogP contribution is -2.33. The van der Waals surface area contributed by atoms with Crippen molar-refractivity contribution in [2.24, 2.45) is 0 Å². The molecule has 134 valence electrons. The maximum atomic E-state index is 13.2. The van der Waals surface area contributed by atoms with Gasteiger partial charge in [-0.2, -0.15) is 5.10 Å². The third-order valence-electron chi connectivity index (χ3n) is 4.37. The second-order valence-corrected chi connectivity index (χ2v) is 6.34. The van der Waals surface area contributed by atoms with Crippen molar-refractivity contribution in [1.82, 2.24) is 20.0 Å². The number of ether oxygens (including phenoxy) is 1. The van der Waals surface area contributed by atoms with Gasteiger partial charge >= 0.3 is 0 Å². The molecular formula is C18H23FN4O2. The van der Waals surface area contributed by atoms with Gasteiger partial charge in [0, 0.05) is 26.7 Å². The molecule has 0 bridgehead atoms. The molecule has 0 fully saturated rings. The Hall–Kier alpha value is -2.25. The van der Waals surface area contributed by atoms with Gasteiger partial charge in [-0.1, -0.05) is 6.07 Å². The van der Waals surface area contributed by atoms with Gasteiger partial charge in [0.25, 0.3) is 0 Å². The molecular weight excluding hydrogens is 323 g/mol. The van der Waals surface area contributed by atoms with Crippen LogP contribution in [0.4, 0.5) is 4.39 Å². The molecule has 25 heavy (non-hydrogen) atoms. The number of methoxy groups -OCH3 is 1. The fourth-order valence-corrected chi connectivity index (χ4v) is 3.05.